The molecular weight excluding hydrogens is 520 g/mol. The van der Waals surface area contributed by atoms with Gasteiger partial charge in [-0.2, -0.15) is 0 Å². The van der Waals surface area contributed by atoms with Crippen LogP contribution < -0.4 is 21.5 Å². The molecule has 0 radical (unpaired) electrons. The maximum Gasteiger partial charge on any atom is 0.0314 e. The smallest absolute Gasteiger partial charge is 0.0314 e. The molecule has 2 aliphatic carbocycles. The second-order valence-corrected chi connectivity index (χ2v) is 14.3. The van der Waals surface area contributed by atoms with E-state index in [0.29, 0.717) is 23.8 Å². The van der Waals surface area contributed by atoms with Crippen LogP contribution in [0.2, 0.25) is 0 Å². The number of benzene rings is 4. The van der Waals surface area contributed by atoms with Gasteiger partial charge in [0.25, 0.3) is 0 Å². The molecule has 4 aromatic carbocycles. The number of allylic oxidation sites excluding steroid dienone is 1. The number of rotatable bonds is 6. The van der Waals surface area contributed by atoms with Gasteiger partial charge in [-0.15, -0.1) is 0 Å². The number of anilines is 1. The van der Waals surface area contributed by atoms with Crippen LogP contribution in [0.3, 0.4) is 0 Å². The fourth-order valence-corrected chi connectivity index (χ4v) is 9.02. The SMILES string of the molecule is C=C(C)[C@@H]1Cc2c(c(C)c3c(=C)c4c(C)cccc4c(=C)c3c2C)[C@@H](CC2CC(C)CC(NCc3ccc(N)cc3)C2)C1. The average molecular weight is 571 g/mol. The minimum Gasteiger partial charge on any atom is -0.399 e. The van der Waals surface area contributed by atoms with E-state index in [1.54, 1.807) is 11.1 Å². The van der Waals surface area contributed by atoms with Crippen LogP contribution in [0.1, 0.15) is 85.3 Å². The molecule has 0 aliphatic heterocycles. The van der Waals surface area contributed by atoms with Gasteiger partial charge in [0.2, 0.25) is 0 Å². The minimum atomic E-state index is 0.531. The van der Waals surface area contributed by atoms with Gasteiger partial charge in [0.1, 0.15) is 0 Å². The van der Waals surface area contributed by atoms with Crippen LogP contribution in [0.25, 0.3) is 34.7 Å². The van der Waals surface area contributed by atoms with Gasteiger partial charge < -0.3 is 11.1 Å². The van der Waals surface area contributed by atoms with E-state index in [-0.39, 0.29) is 0 Å². The lowest BCUT2D eigenvalue weighted by Gasteiger charge is -2.40. The predicted octanol–water partition coefficient (Wildman–Crippen LogP) is 8.53. The van der Waals surface area contributed by atoms with E-state index in [1.165, 1.54) is 86.7 Å². The third-order valence-electron chi connectivity index (χ3n) is 11.0. The maximum atomic E-state index is 5.92. The zero-order valence-electron chi connectivity index (χ0n) is 27.1. The van der Waals surface area contributed by atoms with Crippen LogP contribution in [0.4, 0.5) is 5.69 Å². The molecule has 1 saturated carbocycles. The van der Waals surface area contributed by atoms with E-state index in [2.05, 4.69) is 83.4 Å². The third kappa shape index (κ3) is 5.44. The molecular formula is C41H50N2. The van der Waals surface area contributed by atoms with Gasteiger partial charge in [-0.1, -0.05) is 62.6 Å². The summed E-state index contributed by atoms with van der Waals surface area (Å²) >= 11 is 0. The molecule has 4 aromatic rings. The molecule has 43 heavy (non-hydrogen) atoms. The van der Waals surface area contributed by atoms with Gasteiger partial charge in [0.15, 0.2) is 0 Å². The summed E-state index contributed by atoms with van der Waals surface area (Å²) in [6.07, 6.45) is 7.38. The van der Waals surface area contributed by atoms with Crippen molar-refractivity contribution >= 4 is 40.4 Å². The fourth-order valence-electron chi connectivity index (χ4n) is 9.02. The molecule has 0 bridgehead atoms. The van der Waals surface area contributed by atoms with Crippen molar-refractivity contribution in [3.8, 4) is 0 Å². The van der Waals surface area contributed by atoms with Crippen molar-refractivity contribution in [2.45, 2.75) is 91.6 Å². The van der Waals surface area contributed by atoms with E-state index < -0.39 is 0 Å². The summed E-state index contributed by atoms with van der Waals surface area (Å²) in [4.78, 5) is 0. The van der Waals surface area contributed by atoms with E-state index in [0.717, 1.165) is 29.8 Å². The second kappa shape index (κ2) is 11.6. The number of nitrogens with two attached hydrogens (primary N) is 1. The summed E-state index contributed by atoms with van der Waals surface area (Å²) < 4.78 is 0. The molecule has 0 amide bonds. The van der Waals surface area contributed by atoms with E-state index >= 15 is 0 Å². The van der Waals surface area contributed by atoms with Gasteiger partial charge in [0, 0.05) is 18.3 Å². The average Bonchev–Trinajstić information content (AvgIpc) is 2.96. The normalized spacial score (nSPS) is 23.9. The molecule has 2 heteroatoms. The zero-order chi connectivity index (χ0) is 30.6. The number of hydrogen-bond acceptors (Lipinski definition) is 2. The minimum absolute atomic E-state index is 0.531. The maximum absolute atomic E-state index is 5.92. The van der Waals surface area contributed by atoms with Crippen molar-refractivity contribution in [2.75, 3.05) is 5.73 Å². The Bertz CT molecular complexity index is 1810. The van der Waals surface area contributed by atoms with Gasteiger partial charge in [0.05, 0.1) is 0 Å². The predicted molar refractivity (Wildman–Crippen MR) is 188 cm³/mol. The molecule has 2 aliphatic rings. The van der Waals surface area contributed by atoms with Crippen molar-refractivity contribution in [1.29, 1.82) is 0 Å². The molecule has 2 nitrogen and oxygen atoms in total. The lowest BCUT2D eigenvalue weighted by atomic mass is 9.66. The Labute approximate surface area is 258 Å². The van der Waals surface area contributed by atoms with Gasteiger partial charge in [-0.25, -0.2) is 0 Å². The summed E-state index contributed by atoms with van der Waals surface area (Å²) in [5.41, 5.74) is 16.7. The Morgan fingerprint density at radius 3 is 2.33 bits per heavy atom. The van der Waals surface area contributed by atoms with Gasteiger partial charge in [-0.3, -0.25) is 0 Å². The van der Waals surface area contributed by atoms with Crippen molar-refractivity contribution in [3.63, 3.8) is 0 Å². The topological polar surface area (TPSA) is 38.0 Å². The van der Waals surface area contributed by atoms with Crippen LogP contribution in [0, 0.1) is 38.5 Å². The van der Waals surface area contributed by atoms with Crippen LogP contribution >= 0.6 is 0 Å². The second-order valence-electron chi connectivity index (χ2n) is 14.3. The largest absolute Gasteiger partial charge is 0.399 e. The zero-order valence-corrected chi connectivity index (χ0v) is 27.1. The van der Waals surface area contributed by atoms with Gasteiger partial charge >= 0.3 is 0 Å². The lowest BCUT2D eigenvalue weighted by Crippen LogP contribution is -2.37. The Kier molecular flexibility index (Phi) is 8.03. The molecule has 3 N–H and O–H groups in total. The van der Waals surface area contributed by atoms with Crippen molar-refractivity contribution in [2.24, 2.45) is 17.8 Å². The monoisotopic (exact) mass is 570 g/mol. The molecule has 5 atom stereocenters. The van der Waals surface area contributed by atoms with E-state index in [1.807, 2.05) is 12.1 Å². The first kappa shape index (κ1) is 29.7. The first-order chi connectivity index (χ1) is 20.5. The molecule has 224 valence electrons. The van der Waals surface area contributed by atoms with E-state index in [9.17, 15) is 0 Å². The van der Waals surface area contributed by atoms with Crippen molar-refractivity contribution in [1.82, 2.24) is 5.32 Å². The molecule has 6 rings (SSSR count). The highest BCUT2D eigenvalue weighted by Gasteiger charge is 2.35. The molecule has 3 unspecified atom stereocenters. The Morgan fingerprint density at radius 1 is 0.884 bits per heavy atom. The summed E-state index contributed by atoms with van der Waals surface area (Å²) in [5, 5.41) is 11.5. The Balaban J connectivity index is 1.38. The summed E-state index contributed by atoms with van der Waals surface area (Å²) in [6, 6.07) is 15.5. The Morgan fingerprint density at radius 2 is 1.60 bits per heavy atom. The molecule has 1 fully saturated rings. The highest BCUT2D eigenvalue weighted by molar-refractivity contribution is 6.04. The molecule has 0 saturated heterocycles. The first-order valence-corrected chi connectivity index (χ1v) is 16.4. The number of nitrogens with one attached hydrogen (secondary N) is 1. The van der Waals surface area contributed by atoms with Gasteiger partial charge in [-0.05, 0) is 167 Å². The van der Waals surface area contributed by atoms with Crippen LogP contribution in [-0.2, 0) is 13.0 Å². The molecule has 0 spiro atoms. The fraction of sp³-hybridized carbons (Fsp3) is 0.415. The number of fused-ring (bicyclic) bond motifs is 3. The number of nitrogen functional groups attached to an aromatic ring is 1. The summed E-state index contributed by atoms with van der Waals surface area (Å²) in [6.45, 7) is 26.4. The van der Waals surface area contributed by atoms with Crippen molar-refractivity contribution < 1.29 is 0 Å². The van der Waals surface area contributed by atoms with E-state index in [4.69, 9.17) is 12.3 Å². The first-order valence-electron chi connectivity index (χ1n) is 16.4. The lowest BCUT2D eigenvalue weighted by molar-refractivity contribution is 0.200. The standard InChI is InChI=1S/C41H50N2/c1-23(2)32-20-33(18-31-16-24(3)17-35(19-31)43-22-30-12-14-34(42)15-13-30)41-29(8)40-28(7)38-25(4)10-9-11-36(38)26(5)39(40)27(6)37(41)21-32/h9-15,24,31-33,35,43H,1,5,7,16-22,42H2,2-4,6,8H3/t24?,31?,32-,33-,35?/m0/s1. The third-order valence-corrected chi connectivity index (χ3v) is 11.0. The quantitative estimate of drug-likeness (QED) is 0.138. The highest BCUT2D eigenvalue weighted by Crippen LogP contribution is 2.47. The molecule has 0 heterocycles. The van der Waals surface area contributed by atoms with Crippen LogP contribution in [0.15, 0.2) is 54.6 Å². The van der Waals surface area contributed by atoms with Crippen molar-refractivity contribution in [3.05, 3.63) is 98.4 Å². The van der Waals surface area contributed by atoms with Crippen LogP contribution in [0.5, 0.6) is 0 Å². The van der Waals surface area contributed by atoms with Crippen LogP contribution in [-0.4, -0.2) is 6.04 Å². The number of hydrogen-bond donors (Lipinski definition) is 2. The number of aryl methyl sites for hydroxylation is 3. The Hall–Kier alpha value is -3.36. The molecule has 0 aromatic heterocycles. The highest BCUT2D eigenvalue weighted by atomic mass is 14.9. The summed E-state index contributed by atoms with van der Waals surface area (Å²) in [5.74, 6) is 2.52. The summed E-state index contributed by atoms with van der Waals surface area (Å²) in [7, 11) is 0.